The Morgan fingerprint density at radius 3 is 2.88 bits per heavy atom. The first kappa shape index (κ1) is 18.4. The first-order chi connectivity index (χ1) is 11.4. The van der Waals surface area contributed by atoms with Gasteiger partial charge in [0.15, 0.2) is 11.7 Å². The summed E-state index contributed by atoms with van der Waals surface area (Å²) in [6, 6.07) is 5.65. The third-order valence-electron chi connectivity index (χ3n) is 2.60. The van der Waals surface area contributed by atoms with Crippen molar-refractivity contribution in [1.82, 2.24) is 4.98 Å². The fourth-order valence-electron chi connectivity index (χ4n) is 1.67. The number of aliphatic imine (C=N–C) groups is 1. The molecule has 0 aliphatic carbocycles. The number of nitrogens with zero attached hydrogens (tertiary/aromatic N) is 2. The molecule has 0 atom stereocenters. The lowest BCUT2D eigenvalue weighted by Crippen LogP contribution is -2.24. The Kier molecular flexibility index (Phi) is 6.73. The van der Waals surface area contributed by atoms with Crippen molar-refractivity contribution in [1.29, 1.82) is 0 Å². The van der Waals surface area contributed by atoms with Gasteiger partial charge in [-0.15, -0.1) is 24.5 Å². The maximum Gasteiger partial charge on any atom is 0.573 e. The summed E-state index contributed by atoms with van der Waals surface area (Å²) in [5, 5.41) is 4.53. The van der Waals surface area contributed by atoms with E-state index in [0.29, 0.717) is 6.54 Å². The molecule has 0 radical (unpaired) electrons. The van der Waals surface area contributed by atoms with Gasteiger partial charge in [-0.2, -0.15) is 0 Å². The highest BCUT2D eigenvalue weighted by molar-refractivity contribution is 8.00. The van der Waals surface area contributed by atoms with Gasteiger partial charge in [-0.3, -0.25) is 4.99 Å². The van der Waals surface area contributed by atoms with E-state index in [4.69, 9.17) is 5.73 Å². The summed E-state index contributed by atoms with van der Waals surface area (Å²) >= 11 is 3.19. The van der Waals surface area contributed by atoms with Gasteiger partial charge in [0.25, 0.3) is 0 Å². The number of alkyl halides is 3. The molecular weight excluding hydrogens is 361 g/mol. The van der Waals surface area contributed by atoms with Crippen LogP contribution in [0.4, 0.5) is 18.9 Å². The lowest BCUT2D eigenvalue weighted by molar-refractivity contribution is -0.274. The Bertz CT molecular complexity index is 662. The molecule has 0 aliphatic heterocycles. The van der Waals surface area contributed by atoms with Crippen LogP contribution >= 0.6 is 23.1 Å². The molecule has 130 valence electrons. The first-order valence-corrected chi connectivity index (χ1v) is 8.74. The van der Waals surface area contributed by atoms with E-state index in [-0.39, 0.29) is 17.4 Å². The van der Waals surface area contributed by atoms with Crippen molar-refractivity contribution in [2.24, 2.45) is 10.7 Å². The number of benzene rings is 1. The number of ether oxygens (including phenoxy) is 1. The van der Waals surface area contributed by atoms with Crippen molar-refractivity contribution in [3.8, 4) is 5.75 Å². The van der Waals surface area contributed by atoms with Crippen LogP contribution in [-0.2, 0) is 0 Å². The molecule has 2 rings (SSSR count). The van der Waals surface area contributed by atoms with E-state index in [1.54, 1.807) is 35.4 Å². The van der Waals surface area contributed by atoms with Crippen LogP contribution < -0.4 is 15.8 Å². The zero-order valence-corrected chi connectivity index (χ0v) is 14.0. The van der Waals surface area contributed by atoms with E-state index in [0.717, 1.165) is 16.5 Å². The molecule has 1 aromatic carbocycles. The van der Waals surface area contributed by atoms with Gasteiger partial charge in [-0.05, 0) is 18.6 Å². The fourth-order valence-corrected chi connectivity index (χ4v) is 3.30. The third-order valence-corrected chi connectivity index (χ3v) is 4.65. The van der Waals surface area contributed by atoms with Crippen molar-refractivity contribution in [2.45, 2.75) is 17.1 Å². The quantitative estimate of drug-likeness (QED) is 0.331. The van der Waals surface area contributed by atoms with Gasteiger partial charge >= 0.3 is 6.36 Å². The molecule has 1 heterocycles. The Morgan fingerprint density at radius 1 is 1.38 bits per heavy atom. The molecule has 3 N–H and O–H groups in total. The molecule has 0 unspecified atom stereocenters. The van der Waals surface area contributed by atoms with Crippen LogP contribution in [0.1, 0.15) is 6.42 Å². The summed E-state index contributed by atoms with van der Waals surface area (Å²) in [5.74, 6) is 0.507. The monoisotopic (exact) mass is 376 g/mol. The lowest BCUT2D eigenvalue weighted by atomic mass is 10.3. The zero-order valence-electron chi connectivity index (χ0n) is 12.4. The Balaban J connectivity index is 1.81. The number of para-hydroxylation sites is 2. The van der Waals surface area contributed by atoms with E-state index in [9.17, 15) is 13.2 Å². The normalized spacial score (nSPS) is 12.2. The molecule has 24 heavy (non-hydrogen) atoms. The van der Waals surface area contributed by atoms with Gasteiger partial charge in [0.05, 0.1) is 5.69 Å². The molecule has 10 heteroatoms. The van der Waals surface area contributed by atoms with Crippen LogP contribution in [0.25, 0.3) is 0 Å². The number of rotatable bonds is 7. The Morgan fingerprint density at radius 2 is 2.17 bits per heavy atom. The Hall–Kier alpha value is -1.94. The van der Waals surface area contributed by atoms with E-state index < -0.39 is 6.36 Å². The summed E-state index contributed by atoms with van der Waals surface area (Å²) in [7, 11) is 0. The summed E-state index contributed by atoms with van der Waals surface area (Å²) in [6.07, 6.45) is -2.25. The number of anilines is 1. The molecule has 0 saturated heterocycles. The second-order valence-corrected chi connectivity index (χ2v) is 6.67. The van der Waals surface area contributed by atoms with Gasteiger partial charge in [-0.1, -0.05) is 23.9 Å². The SMILES string of the molecule is NC(=NCCCSc1nccs1)Nc1ccccc1OC(F)(F)F. The van der Waals surface area contributed by atoms with Crippen LogP contribution in [0.2, 0.25) is 0 Å². The highest BCUT2D eigenvalue weighted by Crippen LogP contribution is 2.29. The topological polar surface area (TPSA) is 72.5 Å². The van der Waals surface area contributed by atoms with Gasteiger partial charge in [0, 0.05) is 23.9 Å². The number of nitrogens with one attached hydrogen (secondary N) is 1. The number of hydrogen-bond acceptors (Lipinski definition) is 5. The maximum atomic E-state index is 12.3. The van der Waals surface area contributed by atoms with Gasteiger partial charge in [0.1, 0.15) is 4.34 Å². The van der Waals surface area contributed by atoms with Crippen LogP contribution in [0.5, 0.6) is 5.75 Å². The molecule has 1 aromatic heterocycles. The van der Waals surface area contributed by atoms with E-state index in [1.165, 1.54) is 18.2 Å². The van der Waals surface area contributed by atoms with Gasteiger partial charge in [0.2, 0.25) is 0 Å². The van der Waals surface area contributed by atoms with E-state index in [1.807, 2.05) is 5.38 Å². The predicted molar refractivity (Wildman–Crippen MR) is 90.7 cm³/mol. The summed E-state index contributed by atoms with van der Waals surface area (Å²) in [5.41, 5.74) is 5.81. The highest BCUT2D eigenvalue weighted by atomic mass is 32.2. The number of guanidine groups is 1. The van der Waals surface area contributed by atoms with Crippen molar-refractivity contribution in [2.75, 3.05) is 17.6 Å². The standard InChI is InChI=1S/C14H15F3N4OS2/c15-14(16,17)22-11-5-2-1-4-10(11)21-12(18)19-6-3-8-23-13-20-7-9-24-13/h1-2,4-5,7,9H,3,6,8H2,(H3,18,19,21). The first-order valence-electron chi connectivity index (χ1n) is 6.88. The molecule has 0 bridgehead atoms. The molecule has 0 saturated carbocycles. The minimum atomic E-state index is -4.77. The van der Waals surface area contributed by atoms with Crippen LogP contribution in [0.3, 0.4) is 0 Å². The van der Waals surface area contributed by atoms with E-state index >= 15 is 0 Å². The highest BCUT2D eigenvalue weighted by Gasteiger charge is 2.32. The number of thiazole rings is 1. The number of nitrogens with two attached hydrogens (primary N) is 1. The fraction of sp³-hybridized carbons (Fsp3) is 0.286. The smallest absolute Gasteiger partial charge is 0.404 e. The molecule has 0 spiro atoms. The number of aromatic nitrogens is 1. The third kappa shape index (κ3) is 6.67. The summed E-state index contributed by atoms with van der Waals surface area (Å²) in [4.78, 5) is 8.24. The second-order valence-electron chi connectivity index (χ2n) is 4.44. The van der Waals surface area contributed by atoms with Gasteiger partial charge < -0.3 is 15.8 Å². The average Bonchev–Trinajstić information content (AvgIpc) is 3.01. The summed E-state index contributed by atoms with van der Waals surface area (Å²) < 4.78 is 42.0. The largest absolute Gasteiger partial charge is 0.573 e. The van der Waals surface area contributed by atoms with Crippen molar-refractivity contribution in [3.05, 3.63) is 35.8 Å². The molecule has 5 nitrogen and oxygen atoms in total. The second kappa shape index (κ2) is 8.78. The number of halogens is 3. The van der Waals surface area contributed by atoms with Crippen LogP contribution in [-0.4, -0.2) is 29.6 Å². The number of thioether (sulfide) groups is 1. The average molecular weight is 376 g/mol. The van der Waals surface area contributed by atoms with E-state index in [2.05, 4.69) is 20.0 Å². The molecular formula is C14H15F3N4OS2. The minimum absolute atomic E-state index is 0.0347. The maximum absolute atomic E-state index is 12.3. The predicted octanol–water partition coefficient (Wildman–Crippen LogP) is 3.95. The molecule has 2 aromatic rings. The number of hydrogen-bond donors (Lipinski definition) is 2. The van der Waals surface area contributed by atoms with Crippen molar-refractivity contribution in [3.63, 3.8) is 0 Å². The molecule has 0 fully saturated rings. The zero-order chi connectivity index (χ0) is 17.4. The lowest BCUT2D eigenvalue weighted by Gasteiger charge is -2.14. The molecule has 0 aliphatic rings. The van der Waals surface area contributed by atoms with Gasteiger partial charge in [-0.25, -0.2) is 4.98 Å². The summed E-state index contributed by atoms with van der Waals surface area (Å²) in [6.45, 7) is 0.458. The van der Waals surface area contributed by atoms with Crippen molar-refractivity contribution < 1.29 is 17.9 Å². The van der Waals surface area contributed by atoms with Crippen LogP contribution in [0.15, 0.2) is 45.2 Å². The van der Waals surface area contributed by atoms with Crippen molar-refractivity contribution >= 4 is 34.7 Å². The Labute approximate surface area is 145 Å². The minimum Gasteiger partial charge on any atom is -0.404 e. The molecule has 0 amide bonds. The van der Waals surface area contributed by atoms with Crippen LogP contribution in [0, 0.1) is 0 Å².